The normalized spacial score (nSPS) is 13.1. The molecule has 0 fully saturated rings. The highest BCUT2D eigenvalue weighted by molar-refractivity contribution is 5.94. The maximum absolute atomic E-state index is 12.4. The zero-order valence-corrected chi connectivity index (χ0v) is 14.2. The average Bonchev–Trinajstić information content (AvgIpc) is 2.66. The van der Waals surface area contributed by atoms with Crippen LogP contribution in [0.5, 0.6) is 5.75 Å². The van der Waals surface area contributed by atoms with E-state index >= 15 is 0 Å². The standard InChI is InChI=1S/C20H21NO4/c1-2-24-18-10-6-5-9-17(18)20(23)25-14-19(22)21-12-11-15-7-3-4-8-16(15)13-21/h3-10H,2,11-14H2,1H3. The lowest BCUT2D eigenvalue weighted by atomic mass is 10.00. The fraction of sp³-hybridized carbons (Fsp3) is 0.300. The molecule has 2 aromatic rings. The number of esters is 1. The van der Waals surface area contributed by atoms with Crippen molar-refractivity contribution in [2.75, 3.05) is 19.8 Å². The first kappa shape index (κ1) is 17.0. The van der Waals surface area contributed by atoms with E-state index in [9.17, 15) is 9.59 Å². The minimum atomic E-state index is -0.546. The summed E-state index contributed by atoms with van der Waals surface area (Å²) < 4.78 is 10.6. The third kappa shape index (κ3) is 3.99. The Morgan fingerprint density at radius 2 is 1.76 bits per heavy atom. The summed E-state index contributed by atoms with van der Waals surface area (Å²) in [7, 11) is 0. The van der Waals surface area contributed by atoms with E-state index in [2.05, 4.69) is 6.07 Å². The summed E-state index contributed by atoms with van der Waals surface area (Å²) in [6.45, 7) is 3.24. The first-order chi connectivity index (χ1) is 12.2. The summed E-state index contributed by atoms with van der Waals surface area (Å²) in [5, 5.41) is 0. The average molecular weight is 339 g/mol. The highest BCUT2D eigenvalue weighted by Crippen LogP contribution is 2.20. The smallest absolute Gasteiger partial charge is 0.342 e. The Morgan fingerprint density at radius 3 is 2.56 bits per heavy atom. The molecule has 5 heteroatoms. The Balaban J connectivity index is 1.59. The van der Waals surface area contributed by atoms with Gasteiger partial charge in [-0.2, -0.15) is 0 Å². The fourth-order valence-electron chi connectivity index (χ4n) is 2.92. The third-order valence-corrected chi connectivity index (χ3v) is 4.22. The molecule has 130 valence electrons. The Morgan fingerprint density at radius 1 is 1.04 bits per heavy atom. The molecule has 1 aliphatic rings. The first-order valence-corrected chi connectivity index (χ1v) is 8.42. The minimum absolute atomic E-state index is 0.184. The van der Waals surface area contributed by atoms with Crippen molar-refractivity contribution in [1.82, 2.24) is 4.90 Å². The number of carbonyl (C=O) groups is 2. The molecule has 25 heavy (non-hydrogen) atoms. The molecular weight excluding hydrogens is 318 g/mol. The molecule has 0 unspecified atom stereocenters. The summed E-state index contributed by atoms with van der Waals surface area (Å²) >= 11 is 0. The van der Waals surface area contributed by atoms with Crippen LogP contribution in [0.25, 0.3) is 0 Å². The summed E-state index contributed by atoms with van der Waals surface area (Å²) in [5.41, 5.74) is 2.76. The van der Waals surface area contributed by atoms with Crippen molar-refractivity contribution in [3.8, 4) is 5.75 Å². The van der Waals surface area contributed by atoms with Gasteiger partial charge in [0.05, 0.1) is 6.61 Å². The predicted molar refractivity (Wildman–Crippen MR) is 93.5 cm³/mol. The molecule has 3 rings (SSSR count). The predicted octanol–water partition coefficient (Wildman–Crippen LogP) is 2.83. The molecule has 0 spiro atoms. The molecule has 0 bridgehead atoms. The van der Waals surface area contributed by atoms with Crippen LogP contribution in [0.4, 0.5) is 0 Å². The molecule has 0 atom stereocenters. The number of fused-ring (bicyclic) bond motifs is 1. The van der Waals surface area contributed by atoms with Crippen LogP contribution < -0.4 is 4.74 Å². The van der Waals surface area contributed by atoms with Gasteiger partial charge in [-0.3, -0.25) is 4.79 Å². The van der Waals surface area contributed by atoms with Gasteiger partial charge in [0.15, 0.2) is 6.61 Å². The quantitative estimate of drug-likeness (QED) is 0.786. The van der Waals surface area contributed by atoms with Crippen molar-refractivity contribution in [2.45, 2.75) is 19.9 Å². The zero-order valence-electron chi connectivity index (χ0n) is 14.2. The molecule has 1 aliphatic heterocycles. The van der Waals surface area contributed by atoms with Gasteiger partial charge in [-0.15, -0.1) is 0 Å². The van der Waals surface area contributed by atoms with Crippen LogP contribution in [0.3, 0.4) is 0 Å². The summed E-state index contributed by atoms with van der Waals surface area (Å²) in [6, 6.07) is 15.0. The van der Waals surface area contributed by atoms with E-state index in [0.717, 1.165) is 12.0 Å². The van der Waals surface area contributed by atoms with Gasteiger partial charge >= 0.3 is 5.97 Å². The van der Waals surface area contributed by atoms with Crippen molar-refractivity contribution in [3.63, 3.8) is 0 Å². The number of benzene rings is 2. The lowest BCUT2D eigenvalue weighted by Gasteiger charge is -2.28. The number of amides is 1. The van der Waals surface area contributed by atoms with Crippen molar-refractivity contribution < 1.29 is 19.1 Å². The Kier molecular flexibility index (Phi) is 5.33. The van der Waals surface area contributed by atoms with Gasteiger partial charge < -0.3 is 14.4 Å². The summed E-state index contributed by atoms with van der Waals surface area (Å²) in [5.74, 6) is -0.263. The third-order valence-electron chi connectivity index (χ3n) is 4.22. The van der Waals surface area contributed by atoms with Crippen LogP contribution in [0.2, 0.25) is 0 Å². The number of nitrogens with zero attached hydrogens (tertiary/aromatic N) is 1. The van der Waals surface area contributed by atoms with Crippen molar-refractivity contribution in [3.05, 3.63) is 65.2 Å². The van der Waals surface area contributed by atoms with E-state index in [1.165, 1.54) is 5.56 Å². The van der Waals surface area contributed by atoms with Crippen molar-refractivity contribution >= 4 is 11.9 Å². The van der Waals surface area contributed by atoms with E-state index in [1.54, 1.807) is 29.2 Å². The molecule has 0 saturated heterocycles. The van der Waals surface area contributed by atoms with Gasteiger partial charge in [0.1, 0.15) is 11.3 Å². The molecule has 0 N–H and O–H groups in total. The van der Waals surface area contributed by atoms with Crippen LogP contribution >= 0.6 is 0 Å². The lowest BCUT2D eigenvalue weighted by molar-refractivity contribution is -0.135. The zero-order chi connectivity index (χ0) is 17.6. The maximum Gasteiger partial charge on any atom is 0.342 e. The topological polar surface area (TPSA) is 55.8 Å². The Labute approximate surface area is 147 Å². The summed E-state index contributed by atoms with van der Waals surface area (Å²) in [4.78, 5) is 26.4. The number of hydrogen-bond donors (Lipinski definition) is 0. The van der Waals surface area contributed by atoms with E-state index in [0.29, 0.717) is 31.0 Å². The molecule has 0 aliphatic carbocycles. The van der Waals surface area contributed by atoms with Gasteiger partial charge in [-0.25, -0.2) is 4.79 Å². The number of hydrogen-bond acceptors (Lipinski definition) is 4. The SMILES string of the molecule is CCOc1ccccc1C(=O)OCC(=O)N1CCc2ccccc2C1. The van der Waals surface area contributed by atoms with Crippen LogP contribution in [-0.4, -0.2) is 36.5 Å². The van der Waals surface area contributed by atoms with Crippen molar-refractivity contribution in [1.29, 1.82) is 0 Å². The molecule has 5 nitrogen and oxygen atoms in total. The molecule has 0 aromatic heterocycles. The second-order valence-electron chi connectivity index (χ2n) is 5.84. The van der Waals surface area contributed by atoms with E-state index < -0.39 is 5.97 Å². The first-order valence-electron chi connectivity index (χ1n) is 8.42. The lowest BCUT2D eigenvalue weighted by Crippen LogP contribution is -2.38. The van der Waals surface area contributed by atoms with E-state index in [1.807, 2.05) is 25.1 Å². The second kappa shape index (κ2) is 7.83. The highest BCUT2D eigenvalue weighted by atomic mass is 16.5. The number of carbonyl (C=O) groups excluding carboxylic acids is 2. The molecule has 0 saturated carbocycles. The van der Waals surface area contributed by atoms with E-state index in [-0.39, 0.29) is 12.5 Å². The monoisotopic (exact) mass is 339 g/mol. The second-order valence-corrected chi connectivity index (χ2v) is 5.84. The highest BCUT2D eigenvalue weighted by Gasteiger charge is 2.22. The molecule has 0 radical (unpaired) electrons. The van der Waals surface area contributed by atoms with Crippen LogP contribution in [0.1, 0.15) is 28.4 Å². The van der Waals surface area contributed by atoms with Gasteiger partial charge in [-0.05, 0) is 36.6 Å². The Hall–Kier alpha value is -2.82. The number of ether oxygens (including phenoxy) is 2. The Bertz CT molecular complexity index is 772. The largest absolute Gasteiger partial charge is 0.493 e. The minimum Gasteiger partial charge on any atom is -0.493 e. The van der Waals surface area contributed by atoms with E-state index in [4.69, 9.17) is 9.47 Å². The van der Waals surface area contributed by atoms with Gasteiger partial charge in [0.25, 0.3) is 5.91 Å². The van der Waals surface area contributed by atoms with Crippen LogP contribution in [0.15, 0.2) is 48.5 Å². The number of rotatable bonds is 5. The number of para-hydroxylation sites is 1. The van der Waals surface area contributed by atoms with Gasteiger partial charge in [0, 0.05) is 13.1 Å². The molecule has 1 amide bonds. The molecule has 2 aromatic carbocycles. The summed E-state index contributed by atoms with van der Waals surface area (Å²) in [6.07, 6.45) is 0.822. The molecule has 1 heterocycles. The maximum atomic E-state index is 12.4. The molecular formula is C20H21NO4. The van der Waals surface area contributed by atoms with Crippen molar-refractivity contribution in [2.24, 2.45) is 0 Å². The van der Waals surface area contributed by atoms with Gasteiger partial charge in [-0.1, -0.05) is 36.4 Å². The fourth-order valence-corrected chi connectivity index (χ4v) is 2.92. The van der Waals surface area contributed by atoms with Gasteiger partial charge in [0.2, 0.25) is 0 Å². The van der Waals surface area contributed by atoms with Crippen LogP contribution in [0, 0.1) is 0 Å². The van der Waals surface area contributed by atoms with Crippen LogP contribution in [-0.2, 0) is 22.5 Å².